The van der Waals surface area contributed by atoms with E-state index in [4.69, 9.17) is 4.98 Å². The molecule has 252 valence electrons. The highest BCUT2D eigenvalue weighted by Gasteiger charge is 2.49. The maximum atomic E-state index is 13.7. The summed E-state index contributed by atoms with van der Waals surface area (Å²) >= 11 is 1.72. The number of hydrogen-bond acceptors (Lipinski definition) is 5. The van der Waals surface area contributed by atoms with Crippen molar-refractivity contribution < 1.29 is 23.1 Å². The minimum atomic E-state index is -4.50. The molecule has 10 heteroatoms. The third kappa shape index (κ3) is 5.82. The Labute approximate surface area is 289 Å². The molecule has 0 saturated heterocycles. The van der Waals surface area contributed by atoms with Crippen LogP contribution in [0.5, 0.6) is 0 Å². The summed E-state index contributed by atoms with van der Waals surface area (Å²) in [7, 11) is 0. The van der Waals surface area contributed by atoms with E-state index in [1.807, 2.05) is 12.1 Å². The normalized spacial score (nSPS) is 16.1. The molecular formula is C40H32F3N3O3S. The lowest BCUT2D eigenvalue weighted by atomic mass is 9.91. The van der Waals surface area contributed by atoms with Gasteiger partial charge in [-0.05, 0) is 83.1 Å². The van der Waals surface area contributed by atoms with Crippen LogP contribution in [0.1, 0.15) is 59.1 Å². The molecule has 0 radical (unpaired) electrons. The molecule has 4 aromatic carbocycles. The molecule has 2 aliphatic rings. The predicted molar refractivity (Wildman–Crippen MR) is 188 cm³/mol. The number of nitrogens with one attached hydrogen (secondary N) is 1. The van der Waals surface area contributed by atoms with Gasteiger partial charge in [-0.2, -0.15) is 13.2 Å². The fourth-order valence-corrected chi connectivity index (χ4v) is 8.06. The number of amides is 1. The molecule has 6 aromatic rings. The Morgan fingerprint density at radius 1 is 0.920 bits per heavy atom. The molecular weight excluding hydrogens is 660 g/mol. The standard InChI is InChI=1S/C40H32F3N3O3S/c41-40(42,43)29-12-4-8-25(20-29)24-7-3-10-27(19-24)35(47)37(49)46-18-6-14-33-31(22-46)36(48)45-38(44-33)39(16-17-39)28-11-5-9-26(21-28)32-23-50-34-15-2-1-13-30(32)34/h1-5,7-13,15,19-21,23,35,47H,6,14,16-18,22H2,(H,44,45,48). The summed E-state index contributed by atoms with van der Waals surface area (Å²) in [5.41, 5.74) is 4.02. The lowest BCUT2D eigenvalue weighted by Crippen LogP contribution is -2.36. The number of thiophene rings is 1. The van der Waals surface area contributed by atoms with E-state index in [-0.39, 0.29) is 17.7 Å². The van der Waals surface area contributed by atoms with E-state index in [1.54, 1.807) is 35.6 Å². The van der Waals surface area contributed by atoms with Crippen molar-refractivity contribution in [2.75, 3.05) is 6.54 Å². The summed E-state index contributed by atoms with van der Waals surface area (Å²) < 4.78 is 41.2. The molecule has 1 fully saturated rings. The van der Waals surface area contributed by atoms with Crippen LogP contribution in [0.4, 0.5) is 13.2 Å². The van der Waals surface area contributed by atoms with Crippen molar-refractivity contribution in [1.82, 2.24) is 14.9 Å². The Morgan fingerprint density at radius 3 is 2.46 bits per heavy atom. The number of alkyl halides is 3. The summed E-state index contributed by atoms with van der Waals surface area (Å²) in [5.74, 6) is 0.0544. The van der Waals surface area contributed by atoms with Crippen molar-refractivity contribution in [1.29, 1.82) is 0 Å². The topological polar surface area (TPSA) is 86.3 Å². The highest BCUT2D eigenvalue weighted by atomic mass is 32.1. The lowest BCUT2D eigenvalue weighted by molar-refractivity contribution is -0.141. The first kappa shape index (κ1) is 32.2. The lowest BCUT2D eigenvalue weighted by Gasteiger charge is -2.24. The number of nitrogens with zero attached hydrogens (tertiary/aromatic N) is 2. The number of H-pyrrole nitrogens is 1. The maximum absolute atomic E-state index is 13.7. The molecule has 2 aromatic heterocycles. The Kier molecular flexibility index (Phi) is 7.95. The van der Waals surface area contributed by atoms with Gasteiger partial charge < -0.3 is 15.0 Å². The zero-order valence-corrected chi connectivity index (χ0v) is 27.7. The molecule has 8 rings (SSSR count). The number of aliphatic hydroxyl groups is 1. The molecule has 1 atom stereocenters. The Balaban J connectivity index is 1.04. The summed E-state index contributed by atoms with van der Waals surface area (Å²) in [6.07, 6.45) is -3.27. The smallest absolute Gasteiger partial charge is 0.378 e. The van der Waals surface area contributed by atoms with Crippen LogP contribution in [0.15, 0.2) is 107 Å². The zero-order valence-electron chi connectivity index (χ0n) is 26.8. The highest BCUT2D eigenvalue weighted by Crippen LogP contribution is 2.53. The Morgan fingerprint density at radius 2 is 1.66 bits per heavy atom. The van der Waals surface area contributed by atoms with E-state index in [0.717, 1.165) is 36.1 Å². The molecule has 1 saturated carbocycles. The molecule has 2 N–H and O–H groups in total. The number of aliphatic hydroxyl groups excluding tert-OH is 1. The number of aromatic nitrogens is 2. The van der Waals surface area contributed by atoms with Crippen molar-refractivity contribution in [3.05, 3.63) is 147 Å². The van der Waals surface area contributed by atoms with E-state index in [0.29, 0.717) is 47.6 Å². The van der Waals surface area contributed by atoms with Gasteiger partial charge in [-0.15, -0.1) is 11.3 Å². The quantitative estimate of drug-likeness (QED) is 0.184. The molecule has 50 heavy (non-hydrogen) atoms. The second-order valence-corrected chi connectivity index (χ2v) is 14.0. The number of aromatic amines is 1. The molecule has 0 bridgehead atoms. The molecule has 1 unspecified atom stereocenters. The highest BCUT2D eigenvalue weighted by molar-refractivity contribution is 7.17. The Bertz CT molecular complexity index is 2320. The molecule has 6 nitrogen and oxygen atoms in total. The minimum absolute atomic E-state index is 0.00509. The van der Waals surface area contributed by atoms with Gasteiger partial charge in [0.25, 0.3) is 11.5 Å². The first-order chi connectivity index (χ1) is 24.1. The monoisotopic (exact) mass is 691 g/mol. The number of carbonyl (C=O) groups is 1. The van der Waals surface area contributed by atoms with Crippen LogP contribution >= 0.6 is 11.3 Å². The van der Waals surface area contributed by atoms with Crippen LogP contribution in [0, 0.1) is 0 Å². The minimum Gasteiger partial charge on any atom is -0.378 e. The van der Waals surface area contributed by atoms with Gasteiger partial charge in [-0.1, -0.05) is 72.8 Å². The third-order valence-corrected chi connectivity index (χ3v) is 10.9. The van der Waals surface area contributed by atoms with Crippen molar-refractivity contribution in [3.8, 4) is 22.3 Å². The van der Waals surface area contributed by atoms with Gasteiger partial charge in [-0.3, -0.25) is 9.59 Å². The van der Waals surface area contributed by atoms with Crippen molar-refractivity contribution in [3.63, 3.8) is 0 Å². The predicted octanol–water partition coefficient (Wildman–Crippen LogP) is 8.43. The zero-order chi connectivity index (χ0) is 34.6. The van der Waals surface area contributed by atoms with Crippen LogP contribution in [0.3, 0.4) is 0 Å². The second kappa shape index (κ2) is 12.4. The van der Waals surface area contributed by atoms with Crippen molar-refractivity contribution >= 4 is 27.3 Å². The molecule has 1 amide bonds. The van der Waals surface area contributed by atoms with Gasteiger partial charge in [0.2, 0.25) is 0 Å². The molecule has 1 aliphatic heterocycles. The van der Waals surface area contributed by atoms with Gasteiger partial charge in [0.05, 0.1) is 28.8 Å². The van der Waals surface area contributed by atoms with E-state index in [1.165, 1.54) is 32.7 Å². The van der Waals surface area contributed by atoms with Crippen LogP contribution in [-0.2, 0) is 29.4 Å². The van der Waals surface area contributed by atoms with E-state index >= 15 is 0 Å². The number of aryl methyl sites for hydroxylation is 1. The first-order valence-corrected chi connectivity index (χ1v) is 17.4. The van der Waals surface area contributed by atoms with Gasteiger partial charge in [0.1, 0.15) is 5.82 Å². The summed E-state index contributed by atoms with van der Waals surface area (Å²) in [6.45, 7) is 0.311. The number of hydrogen-bond donors (Lipinski definition) is 2. The Hall–Kier alpha value is -5.06. The number of rotatable bonds is 6. The summed E-state index contributed by atoms with van der Waals surface area (Å²) in [5, 5.41) is 14.6. The third-order valence-electron chi connectivity index (χ3n) is 9.97. The van der Waals surface area contributed by atoms with Gasteiger partial charge >= 0.3 is 6.18 Å². The SMILES string of the molecule is O=C(C(O)c1cccc(-c2cccc(C(F)(F)F)c2)c1)N1CCCc2nc(C3(c4cccc(-c5csc6ccccc56)c4)CC3)[nH]c(=O)c2C1. The van der Waals surface area contributed by atoms with Crippen LogP contribution in [0.25, 0.3) is 32.3 Å². The number of halogens is 3. The molecule has 1 aliphatic carbocycles. The van der Waals surface area contributed by atoms with Crippen LogP contribution < -0.4 is 5.56 Å². The molecule has 3 heterocycles. The largest absolute Gasteiger partial charge is 0.416 e. The van der Waals surface area contributed by atoms with E-state index < -0.39 is 29.2 Å². The van der Waals surface area contributed by atoms with E-state index in [2.05, 4.69) is 46.8 Å². The van der Waals surface area contributed by atoms with Crippen LogP contribution in [0.2, 0.25) is 0 Å². The number of benzene rings is 4. The second-order valence-electron chi connectivity index (χ2n) is 13.1. The average molecular weight is 692 g/mol. The van der Waals surface area contributed by atoms with Gasteiger partial charge in [-0.25, -0.2) is 4.98 Å². The average Bonchev–Trinajstić information content (AvgIpc) is 3.88. The molecule has 0 spiro atoms. The number of carbonyl (C=O) groups excluding carboxylic acids is 1. The maximum Gasteiger partial charge on any atom is 0.416 e. The summed E-state index contributed by atoms with van der Waals surface area (Å²) in [6, 6.07) is 28.1. The van der Waals surface area contributed by atoms with Crippen molar-refractivity contribution in [2.45, 2.75) is 49.9 Å². The van der Waals surface area contributed by atoms with Gasteiger partial charge in [0.15, 0.2) is 6.10 Å². The van der Waals surface area contributed by atoms with Gasteiger partial charge in [0, 0.05) is 22.2 Å². The fraction of sp³-hybridized carbons (Fsp3) is 0.225. The van der Waals surface area contributed by atoms with Crippen LogP contribution in [-0.4, -0.2) is 32.4 Å². The first-order valence-electron chi connectivity index (χ1n) is 16.5. The van der Waals surface area contributed by atoms with Crippen molar-refractivity contribution in [2.24, 2.45) is 0 Å². The summed E-state index contributed by atoms with van der Waals surface area (Å²) in [4.78, 5) is 36.9. The fourth-order valence-electron chi connectivity index (χ4n) is 7.09. The number of fused-ring (bicyclic) bond motifs is 2. The van der Waals surface area contributed by atoms with E-state index in [9.17, 15) is 27.9 Å².